The number of rotatable bonds is 6. The Kier molecular flexibility index (Phi) is 6.38. The Morgan fingerprint density at radius 1 is 1.21 bits per heavy atom. The van der Waals surface area contributed by atoms with Crippen molar-refractivity contribution in [3.63, 3.8) is 0 Å². The normalized spacial score (nSPS) is 14.8. The van der Waals surface area contributed by atoms with Gasteiger partial charge in [-0.1, -0.05) is 27.7 Å². The molecule has 0 aliphatic heterocycles. The molecule has 14 heavy (non-hydrogen) atoms. The fourth-order valence-electron chi connectivity index (χ4n) is 1.53. The summed E-state index contributed by atoms with van der Waals surface area (Å²) in [6.07, 6.45) is 1.49. The van der Waals surface area contributed by atoms with E-state index < -0.39 is 0 Å². The third-order valence-electron chi connectivity index (χ3n) is 1.98. The molecule has 0 radical (unpaired) electrons. The maximum absolute atomic E-state index is 5.64. The van der Waals surface area contributed by atoms with E-state index in [2.05, 4.69) is 46.9 Å². The molecule has 0 saturated heterocycles. The fraction of sp³-hybridized carbons (Fsp3) is 1.00. The molecule has 0 saturated carbocycles. The maximum Gasteiger partial charge on any atom is 0.0623 e. The Labute approximate surface area is 89.4 Å². The highest BCUT2D eigenvalue weighted by Gasteiger charge is 2.18. The van der Waals surface area contributed by atoms with Crippen LogP contribution < -0.4 is 5.32 Å². The van der Waals surface area contributed by atoms with Gasteiger partial charge in [-0.15, -0.1) is 0 Å². The quantitative estimate of drug-likeness (QED) is 0.713. The van der Waals surface area contributed by atoms with Gasteiger partial charge in [0, 0.05) is 6.04 Å². The predicted octanol–water partition coefficient (Wildman–Crippen LogP) is 2.83. The largest absolute Gasteiger partial charge is 0.377 e. The van der Waals surface area contributed by atoms with Crippen molar-refractivity contribution in [2.75, 3.05) is 13.2 Å². The molecule has 0 aromatic carbocycles. The Balaban J connectivity index is 3.89. The van der Waals surface area contributed by atoms with E-state index in [-0.39, 0.29) is 0 Å². The van der Waals surface area contributed by atoms with Crippen LogP contribution in [0.25, 0.3) is 0 Å². The molecule has 2 nitrogen and oxygen atoms in total. The first-order valence-corrected chi connectivity index (χ1v) is 5.70. The second-order valence-electron chi connectivity index (χ2n) is 5.40. The summed E-state index contributed by atoms with van der Waals surface area (Å²) in [5.41, 5.74) is 0.368. The molecule has 0 amide bonds. The van der Waals surface area contributed by atoms with Crippen molar-refractivity contribution in [1.82, 2.24) is 5.32 Å². The minimum absolute atomic E-state index is 0.330. The van der Waals surface area contributed by atoms with Crippen molar-refractivity contribution in [2.45, 2.75) is 60.1 Å². The second-order valence-corrected chi connectivity index (χ2v) is 5.40. The SMILES string of the molecule is CCNC(COC(C)C)CC(C)(C)C. The maximum atomic E-state index is 5.64. The molecule has 0 bridgehead atoms. The molecular weight excluding hydrogens is 174 g/mol. The highest BCUT2D eigenvalue weighted by atomic mass is 16.5. The topological polar surface area (TPSA) is 21.3 Å². The van der Waals surface area contributed by atoms with Crippen molar-refractivity contribution in [3.8, 4) is 0 Å². The Bertz CT molecular complexity index is 138. The van der Waals surface area contributed by atoms with E-state index in [0.29, 0.717) is 17.6 Å². The van der Waals surface area contributed by atoms with Crippen molar-refractivity contribution in [3.05, 3.63) is 0 Å². The van der Waals surface area contributed by atoms with Gasteiger partial charge < -0.3 is 10.1 Å². The number of hydrogen-bond acceptors (Lipinski definition) is 2. The number of nitrogens with one attached hydrogen (secondary N) is 1. The minimum atomic E-state index is 0.330. The molecule has 1 unspecified atom stereocenters. The Morgan fingerprint density at radius 3 is 2.14 bits per heavy atom. The highest BCUT2D eigenvalue weighted by Crippen LogP contribution is 2.21. The van der Waals surface area contributed by atoms with Crippen molar-refractivity contribution >= 4 is 0 Å². The van der Waals surface area contributed by atoms with Crippen LogP contribution in [0, 0.1) is 5.41 Å². The lowest BCUT2D eigenvalue weighted by atomic mass is 9.88. The van der Waals surface area contributed by atoms with E-state index >= 15 is 0 Å². The number of hydrogen-bond donors (Lipinski definition) is 1. The van der Waals surface area contributed by atoms with Crippen LogP contribution in [0.2, 0.25) is 0 Å². The van der Waals surface area contributed by atoms with Crippen LogP contribution >= 0.6 is 0 Å². The summed E-state index contributed by atoms with van der Waals surface area (Å²) in [6.45, 7) is 15.0. The molecule has 0 heterocycles. The van der Waals surface area contributed by atoms with E-state index in [1.807, 2.05) is 0 Å². The zero-order valence-electron chi connectivity index (χ0n) is 10.7. The van der Waals surface area contributed by atoms with Gasteiger partial charge in [-0.2, -0.15) is 0 Å². The van der Waals surface area contributed by atoms with Crippen LogP contribution in [0.1, 0.15) is 48.0 Å². The number of likely N-dealkylation sites (N-methyl/N-ethyl adjacent to an activating group) is 1. The predicted molar refractivity (Wildman–Crippen MR) is 62.6 cm³/mol. The van der Waals surface area contributed by atoms with Crippen molar-refractivity contribution in [2.24, 2.45) is 5.41 Å². The third kappa shape index (κ3) is 8.52. The molecule has 86 valence electrons. The van der Waals surface area contributed by atoms with E-state index in [1.165, 1.54) is 0 Å². The lowest BCUT2D eigenvalue weighted by molar-refractivity contribution is 0.0527. The van der Waals surface area contributed by atoms with Crippen molar-refractivity contribution in [1.29, 1.82) is 0 Å². The molecule has 0 aromatic rings. The van der Waals surface area contributed by atoms with E-state index in [0.717, 1.165) is 19.6 Å². The zero-order chi connectivity index (χ0) is 11.2. The molecule has 0 rings (SSSR count). The van der Waals surface area contributed by atoms with Crippen LogP contribution in [0.3, 0.4) is 0 Å². The monoisotopic (exact) mass is 201 g/mol. The summed E-state index contributed by atoms with van der Waals surface area (Å²) in [6, 6.07) is 0.488. The average Bonchev–Trinajstić information content (AvgIpc) is 1.98. The summed E-state index contributed by atoms with van der Waals surface area (Å²) in [5.74, 6) is 0. The van der Waals surface area contributed by atoms with Gasteiger partial charge in [0.15, 0.2) is 0 Å². The van der Waals surface area contributed by atoms with Crippen LogP contribution in [0.15, 0.2) is 0 Å². The van der Waals surface area contributed by atoms with Gasteiger partial charge in [0.05, 0.1) is 12.7 Å². The first kappa shape index (κ1) is 13.9. The summed E-state index contributed by atoms with van der Waals surface area (Å²) in [5, 5.41) is 3.47. The average molecular weight is 201 g/mol. The lowest BCUT2D eigenvalue weighted by Crippen LogP contribution is -2.37. The first-order valence-electron chi connectivity index (χ1n) is 5.70. The van der Waals surface area contributed by atoms with Crippen LogP contribution in [-0.2, 0) is 4.74 Å². The molecule has 0 fully saturated rings. The standard InChI is InChI=1S/C12H27NO/c1-7-13-11(8-12(4,5)6)9-14-10(2)3/h10-11,13H,7-9H2,1-6H3. The molecule has 0 spiro atoms. The fourth-order valence-corrected chi connectivity index (χ4v) is 1.53. The number of ether oxygens (including phenoxy) is 1. The van der Waals surface area contributed by atoms with Crippen LogP contribution in [0.4, 0.5) is 0 Å². The van der Waals surface area contributed by atoms with Gasteiger partial charge >= 0.3 is 0 Å². The van der Waals surface area contributed by atoms with Gasteiger partial charge in [-0.05, 0) is 32.2 Å². The van der Waals surface area contributed by atoms with E-state index in [1.54, 1.807) is 0 Å². The van der Waals surface area contributed by atoms with Crippen LogP contribution in [0.5, 0.6) is 0 Å². The van der Waals surface area contributed by atoms with E-state index in [9.17, 15) is 0 Å². The van der Waals surface area contributed by atoms with Gasteiger partial charge in [-0.25, -0.2) is 0 Å². The first-order chi connectivity index (χ1) is 6.35. The zero-order valence-corrected chi connectivity index (χ0v) is 10.7. The van der Waals surface area contributed by atoms with Crippen molar-refractivity contribution < 1.29 is 4.74 Å². The molecule has 1 atom stereocenters. The highest BCUT2D eigenvalue weighted by molar-refractivity contribution is 4.74. The molecule has 0 aromatic heterocycles. The molecule has 0 aliphatic rings. The molecular formula is C12H27NO. The second kappa shape index (κ2) is 6.41. The molecule has 0 aliphatic carbocycles. The summed E-state index contributed by atoms with van der Waals surface area (Å²) >= 11 is 0. The van der Waals surface area contributed by atoms with Gasteiger partial charge in [0.2, 0.25) is 0 Å². The third-order valence-corrected chi connectivity index (χ3v) is 1.98. The summed E-state index contributed by atoms with van der Waals surface area (Å²) in [7, 11) is 0. The van der Waals surface area contributed by atoms with E-state index in [4.69, 9.17) is 4.74 Å². The molecule has 1 N–H and O–H groups in total. The van der Waals surface area contributed by atoms with Gasteiger partial charge in [-0.3, -0.25) is 0 Å². The Morgan fingerprint density at radius 2 is 1.79 bits per heavy atom. The Hall–Kier alpha value is -0.0800. The molecule has 2 heteroatoms. The lowest BCUT2D eigenvalue weighted by Gasteiger charge is -2.27. The van der Waals surface area contributed by atoms with Gasteiger partial charge in [0.25, 0.3) is 0 Å². The summed E-state index contributed by atoms with van der Waals surface area (Å²) < 4.78 is 5.64. The minimum Gasteiger partial charge on any atom is -0.377 e. The van der Waals surface area contributed by atoms with Gasteiger partial charge in [0.1, 0.15) is 0 Å². The van der Waals surface area contributed by atoms with Crippen LogP contribution in [-0.4, -0.2) is 25.3 Å². The smallest absolute Gasteiger partial charge is 0.0623 e. The summed E-state index contributed by atoms with van der Waals surface area (Å²) in [4.78, 5) is 0.